The van der Waals surface area contributed by atoms with Crippen molar-refractivity contribution in [2.75, 3.05) is 19.6 Å². The molecule has 1 aliphatic rings. The van der Waals surface area contributed by atoms with E-state index in [1.54, 1.807) is 0 Å². The highest BCUT2D eigenvalue weighted by molar-refractivity contribution is 7.13. The Hall–Kier alpha value is -1.93. The minimum absolute atomic E-state index is 0.00799. The molecule has 1 aromatic carbocycles. The van der Waals surface area contributed by atoms with Crippen molar-refractivity contribution >= 4 is 17.2 Å². The van der Waals surface area contributed by atoms with Gasteiger partial charge < -0.3 is 5.32 Å². The fraction of sp³-hybridized carbons (Fsp3) is 0.524. The Morgan fingerprint density at radius 1 is 1.31 bits per heavy atom. The lowest BCUT2D eigenvalue weighted by Gasteiger charge is -2.31. The van der Waals surface area contributed by atoms with Crippen LogP contribution in [0.2, 0.25) is 0 Å². The highest BCUT2D eigenvalue weighted by Crippen LogP contribution is 2.32. The van der Waals surface area contributed by atoms with Crippen LogP contribution in [0.4, 0.5) is 13.2 Å². The molecule has 1 N–H and O–H groups in total. The maximum Gasteiger partial charge on any atom is 0.416 e. The number of halogens is 3. The number of hydrogen-bond acceptors (Lipinski definition) is 4. The van der Waals surface area contributed by atoms with Crippen LogP contribution in [-0.4, -0.2) is 35.4 Å². The van der Waals surface area contributed by atoms with Crippen LogP contribution in [-0.2, 0) is 17.5 Å². The third-order valence-corrected chi connectivity index (χ3v) is 6.04. The minimum Gasteiger partial charge on any atom is -0.356 e. The Morgan fingerprint density at radius 3 is 2.76 bits per heavy atom. The SMILES string of the molecule is CCCCNC(=O)C1CCCN(Cc2csc(-c3ccc(C(F)(F)F)cc3)n2)C1. The van der Waals surface area contributed by atoms with Gasteiger partial charge in [0.25, 0.3) is 0 Å². The van der Waals surface area contributed by atoms with E-state index in [2.05, 4.69) is 22.1 Å². The van der Waals surface area contributed by atoms with Crippen LogP contribution in [0.15, 0.2) is 29.6 Å². The summed E-state index contributed by atoms with van der Waals surface area (Å²) in [4.78, 5) is 19.2. The quantitative estimate of drug-likeness (QED) is 0.638. The van der Waals surface area contributed by atoms with E-state index in [1.807, 2.05) is 5.38 Å². The minimum atomic E-state index is -4.33. The first-order chi connectivity index (χ1) is 13.9. The molecule has 1 aromatic heterocycles. The fourth-order valence-corrected chi connectivity index (χ4v) is 4.31. The van der Waals surface area contributed by atoms with Gasteiger partial charge in [-0.05, 0) is 37.9 Å². The number of aromatic nitrogens is 1. The number of carbonyl (C=O) groups is 1. The Labute approximate surface area is 173 Å². The Bertz CT molecular complexity index is 804. The summed E-state index contributed by atoms with van der Waals surface area (Å²) in [7, 11) is 0. The van der Waals surface area contributed by atoms with Crippen molar-refractivity contribution in [2.45, 2.75) is 45.3 Å². The van der Waals surface area contributed by atoms with Crippen LogP contribution < -0.4 is 5.32 Å². The van der Waals surface area contributed by atoms with Gasteiger partial charge in [0.15, 0.2) is 0 Å². The second-order valence-corrected chi connectivity index (χ2v) is 8.30. The number of thiazole rings is 1. The first-order valence-corrected chi connectivity index (χ1v) is 10.9. The molecule has 1 unspecified atom stereocenters. The second-order valence-electron chi connectivity index (χ2n) is 7.44. The molecule has 0 aliphatic carbocycles. The normalized spacial score (nSPS) is 18.0. The lowest BCUT2D eigenvalue weighted by atomic mass is 9.97. The summed E-state index contributed by atoms with van der Waals surface area (Å²) >= 11 is 1.43. The van der Waals surface area contributed by atoms with Crippen molar-refractivity contribution in [3.05, 3.63) is 40.9 Å². The predicted molar refractivity (Wildman–Crippen MR) is 108 cm³/mol. The number of rotatable bonds is 7. The Morgan fingerprint density at radius 2 is 2.07 bits per heavy atom. The number of alkyl halides is 3. The van der Waals surface area contributed by atoms with E-state index < -0.39 is 11.7 Å². The van der Waals surface area contributed by atoms with Gasteiger partial charge in [-0.2, -0.15) is 13.2 Å². The van der Waals surface area contributed by atoms with Crippen molar-refractivity contribution < 1.29 is 18.0 Å². The topological polar surface area (TPSA) is 45.2 Å². The van der Waals surface area contributed by atoms with Crippen LogP contribution in [0.5, 0.6) is 0 Å². The average Bonchev–Trinajstić information content (AvgIpc) is 3.16. The van der Waals surface area contributed by atoms with E-state index in [4.69, 9.17) is 0 Å². The number of nitrogens with zero attached hydrogens (tertiary/aromatic N) is 2. The zero-order chi connectivity index (χ0) is 20.9. The molecule has 1 amide bonds. The van der Waals surface area contributed by atoms with Crippen LogP contribution >= 0.6 is 11.3 Å². The molecule has 2 aromatic rings. The molecule has 2 heterocycles. The number of amides is 1. The smallest absolute Gasteiger partial charge is 0.356 e. The summed E-state index contributed by atoms with van der Waals surface area (Å²) in [6.07, 6.45) is -0.403. The molecule has 29 heavy (non-hydrogen) atoms. The number of benzene rings is 1. The molecule has 1 fully saturated rings. The Balaban J connectivity index is 1.57. The van der Waals surface area contributed by atoms with Gasteiger partial charge in [0, 0.05) is 30.6 Å². The molecule has 1 atom stereocenters. The van der Waals surface area contributed by atoms with Gasteiger partial charge in [0.05, 0.1) is 17.2 Å². The second kappa shape index (κ2) is 9.71. The Kier molecular flexibility index (Phi) is 7.29. The van der Waals surface area contributed by atoms with Gasteiger partial charge >= 0.3 is 6.18 Å². The van der Waals surface area contributed by atoms with Crippen molar-refractivity contribution in [2.24, 2.45) is 5.92 Å². The number of hydrogen-bond donors (Lipinski definition) is 1. The number of unbranched alkanes of at least 4 members (excludes halogenated alkanes) is 1. The monoisotopic (exact) mass is 425 g/mol. The maximum absolute atomic E-state index is 12.7. The molecule has 0 saturated carbocycles. The third-order valence-electron chi connectivity index (χ3n) is 5.10. The van der Waals surface area contributed by atoms with Gasteiger partial charge in [0.2, 0.25) is 5.91 Å². The molecule has 3 rings (SSSR count). The molecule has 1 saturated heterocycles. The van der Waals surface area contributed by atoms with Gasteiger partial charge in [0.1, 0.15) is 5.01 Å². The molecule has 158 valence electrons. The predicted octanol–water partition coefficient (Wildman–Crippen LogP) is 4.96. The zero-order valence-corrected chi connectivity index (χ0v) is 17.3. The molecular weight excluding hydrogens is 399 g/mol. The van der Waals surface area contributed by atoms with Gasteiger partial charge in [-0.1, -0.05) is 25.5 Å². The van der Waals surface area contributed by atoms with Gasteiger partial charge in [-0.15, -0.1) is 11.3 Å². The summed E-state index contributed by atoms with van der Waals surface area (Å²) in [5, 5.41) is 5.67. The van der Waals surface area contributed by atoms with Gasteiger partial charge in [-0.3, -0.25) is 9.69 Å². The summed E-state index contributed by atoms with van der Waals surface area (Å²) in [6, 6.07) is 5.09. The fourth-order valence-electron chi connectivity index (χ4n) is 3.49. The van der Waals surface area contributed by atoms with Crippen molar-refractivity contribution in [3.63, 3.8) is 0 Å². The lowest BCUT2D eigenvalue weighted by molar-refractivity contribution is -0.137. The zero-order valence-electron chi connectivity index (χ0n) is 16.5. The van der Waals surface area contributed by atoms with Crippen LogP contribution in [0.3, 0.4) is 0 Å². The molecule has 4 nitrogen and oxygen atoms in total. The highest BCUT2D eigenvalue weighted by Gasteiger charge is 2.30. The highest BCUT2D eigenvalue weighted by atomic mass is 32.1. The molecule has 8 heteroatoms. The number of carbonyl (C=O) groups excluding carboxylic acids is 1. The molecule has 0 bridgehead atoms. The van der Waals surface area contributed by atoms with E-state index in [0.29, 0.717) is 23.7 Å². The molecule has 1 aliphatic heterocycles. The summed E-state index contributed by atoms with van der Waals surface area (Å²) in [5.74, 6) is 0.139. The first kappa shape index (κ1) is 21.8. The van der Waals surface area contributed by atoms with Crippen molar-refractivity contribution in [3.8, 4) is 10.6 Å². The molecule has 0 radical (unpaired) electrons. The summed E-state index contributed by atoms with van der Waals surface area (Å²) in [5.41, 5.74) is 0.910. The summed E-state index contributed by atoms with van der Waals surface area (Å²) in [6.45, 7) is 5.11. The number of nitrogens with one attached hydrogen (secondary N) is 1. The van der Waals surface area contributed by atoms with E-state index in [0.717, 1.165) is 56.6 Å². The number of piperidine rings is 1. The standard InChI is InChI=1S/C21H26F3N3OS/c1-2-3-10-25-19(28)16-5-4-11-27(12-16)13-18-14-29-20(26-18)15-6-8-17(9-7-15)21(22,23)24/h6-9,14,16H,2-5,10-13H2,1H3,(H,25,28). The van der Waals surface area contributed by atoms with E-state index in [-0.39, 0.29) is 11.8 Å². The van der Waals surface area contributed by atoms with E-state index in [1.165, 1.54) is 23.5 Å². The molecular formula is C21H26F3N3OS. The average molecular weight is 426 g/mol. The largest absolute Gasteiger partial charge is 0.416 e. The molecule has 0 spiro atoms. The lowest BCUT2D eigenvalue weighted by Crippen LogP contribution is -2.42. The van der Waals surface area contributed by atoms with E-state index in [9.17, 15) is 18.0 Å². The van der Waals surface area contributed by atoms with Gasteiger partial charge in [-0.25, -0.2) is 4.98 Å². The first-order valence-electron chi connectivity index (χ1n) is 9.99. The summed E-state index contributed by atoms with van der Waals surface area (Å²) < 4.78 is 38.1. The van der Waals surface area contributed by atoms with Crippen molar-refractivity contribution in [1.82, 2.24) is 15.2 Å². The number of likely N-dealkylation sites (tertiary alicyclic amines) is 1. The van der Waals surface area contributed by atoms with Crippen LogP contribution in [0.1, 0.15) is 43.9 Å². The maximum atomic E-state index is 12.7. The van der Waals surface area contributed by atoms with Crippen LogP contribution in [0, 0.1) is 5.92 Å². The third kappa shape index (κ3) is 6.02. The van der Waals surface area contributed by atoms with E-state index >= 15 is 0 Å². The van der Waals surface area contributed by atoms with Crippen LogP contribution in [0.25, 0.3) is 10.6 Å². The van der Waals surface area contributed by atoms with Crippen molar-refractivity contribution in [1.29, 1.82) is 0 Å².